The molecule has 1 aliphatic rings. The molecule has 0 aromatic carbocycles. The highest BCUT2D eigenvalue weighted by Crippen LogP contribution is 2.19. The third kappa shape index (κ3) is 2.90. The Kier molecular flexibility index (Phi) is 3.73. The van der Waals surface area contributed by atoms with Gasteiger partial charge >= 0.3 is 0 Å². The van der Waals surface area contributed by atoms with E-state index in [1.807, 2.05) is 6.92 Å². The second kappa shape index (κ2) is 4.25. The van der Waals surface area contributed by atoms with E-state index in [2.05, 4.69) is 15.9 Å². The predicted octanol–water partition coefficient (Wildman–Crippen LogP) is 0.371. The SMILES string of the molecule is CC1CC(O)CN(S(=O)(=O)CBr)C1. The van der Waals surface area contributed by atoms with Crippen molar-refractivity contribution in [3.63, 3.8) is 0 Å². The summed E-state index contributed by atoms with van der Waals surface area (Å²) in [5.74, 6) is 0.234. The van der Waals surface area contributed by atoms with Crippen molar-refractivity contribution in [2.24, 2.45) is 5.92 Å². The summed E-state index contributed by atoms with van der Waals surface area (Å²) in [5, 5.41) is 9.39. The van der Waals surface area contributed by atoms with Crippen molar-refractivity contribution < 1.29 is 13.5 Å². The highest BCUT2D eigenvalue weighted by atomic mass is 79.9. The van der Waals surface area contributed by atoms with Gasteiger partial charge < -0.3 is 5.11 Å². The third-order valence-corrected chi connectivity index (χ3v) is 5.23. The Bertz CT molecular complexity index is 257. The molecular weight excluding hydrogens is 258 g/mol. The second-order valence-corrected chi connectivity index (χ2v) is 6.80. The molecule has 0 saturated carbocycles. The third-order valence-electron chi connectivity index (χ3n) is 2.14. The molecule has 1 rings (SSSR count). The molecule has 4 nitrogen and oxygen atoms in total. The van der Waals surface area contributed by atoms with Crippen LogP contribution in [0, 0.1) is 5.92 Å². The van der Waals surface area contributed by atoms with Crippen LogP contribution in [0.1, 0.15) is 13.3 Å². The summed E-state index contributed by atoms with van der Waals surface area (Å²) in [6.07, 6.45) is 0.173. The van der Waals surface area contributed by atoms with Gasteiger partial charge in [0.25, 0.3) is 0 Å². The van der Waals surface area contributed by atoms with E-state index in [-0.39, 0.29) is 17.1 Å². The minimum absolute atomic E-state index is 0.0700. The quantitative estimate of drug-likeness (QED) is 0.739. The Balaban J connectivity index is 2.71. The standard InChI is InChI=1S/C7H14BrNO3S/c1-6-2-7(10)4-9(3-6)13(11,12)5-8/h6-7,10H,2-5H2,1H3. The first-order valence-corrected chi connectivity index (χ1v) is 6.90. The van der Waals surface area contributed by atoms with Gasteiger partial charge in [0.2, 0.25) is 10.0 Å². The van der Waals surface area contributed by atoms with E-state index in [0.717, 1.165) is 0 Å². The van der Waals surface area contributed by atoms with Crippen LogP contribution in [-0.4, -0.2) is 41.7 Å². The highest BCUT2D eigenvalue weighted by molar-refractivity contribution is 9.10. The number of aliphatic hydroxyl groups excluding tert-OH is 1. The fraction of sp³-hybridized carbons (Fsp3) is 1.00. The van der Waals surface area contributed by atoms with Gasteiger partial charge in [-0.15, -0.1) is 0 Å². The average molecular weight is 272 g/mol. The number of nitrogens with zero attached hydrogens (tertiary/aromatic N) is 1. The van der Waals surface area contributed by atoms with E-state index in [9.17, 15) is 13.5 Å². The second-order valence-electron chi connectivity index (χ2n) is 3.53. The number of piperidine rings is 1. The lowest BCUT2D eigenvalue weighted by molar-refractivity contribution is 0.0824. The molecule has 1 N–H and O–H groups in total. The van der Waals surface area contributed by atoms with Crippen molar-refractivity contribution in [3.8, 4) is 0 Å². The van der Waals surface area contributed by atoms with Crippen molar-refractivity contribution in [1.29, 1.82) is 0 Å². The smallest absolute Gasteiger partial charge is 0.224 e. The van der Waals surface area contributed by atoms with Gasteiger partial charge in [-0.2, -0.15) is 4.31 Å². The van der Waals surface area contributed by atoms with E-state index in [1.165, 1.54) is 4.31 Å². The lowest BCUT2D eigenvalue weighted by atomic mass is 10.00. The Morgan fingerprint density at radius 3 is 2.62 bits per heavy atom. The number of aliphatic hydroxyl groups is 1. The van der Waals surface area contributed by atoms with Crippen molar-refractivity contribution in [3.05, 3.63) is 0 Å². The summed E-state index contributed by atoms with van der Waals surface area (Å²) in [6, 6.07) is 0. The van der Waals surface area contributed by atoms with Gasteiger partial charge in [0.05, 0.1) is 6.10 Å². The lowest BCUT2D eigenvalue weighted by Crippen LogP contribution is -2.45. The fourth-order valence-electron chi connectivity index (χ4n) is 1.57. The average Bonchev–Trinajstić information content (AvgIpc) is 2.02. The Morgan fingerprint density at radius 1 is 1.54 bits per heavy atom. The number of hydrogen-bond donors (Lipinski definition) is 1. The summed E-state index contributed by atoms with van der Waals surface area (Å²) in [6.45, 7) is 2.70. The molecule has 0 aromatic heterocycles. The molecule has 6 heteroatoms. The van der Waals surface area contributed by atoms with E-state index in [4.69, 9.17) is 0 Å². The summed E-state index contributed by atoms with van der Waals surface area (Å²) < 4.78 is 24.1. The Morgan fingerprint density at radius 2 is 2.15 bits per heavy atom. The Labute approximate surface area is 87.1 Å². The van der Waals surface area contributed by atoms with Crippen LogP contribution in [0.3, 0.4) is 0 Å². The van der Waals surface area contributed by atoms with Gasteiger partial charge in [0, 0.05) is 13.1 Å². The zero-order valence-corrected chi connectivity index (χ0v) is 9.88. The molecule has 1 saturated heterocycles. The molecule has 0 radical (unpaired) electrons. The van der Waals surface area contributed by atoms with Crippen molar-refractivity contribution in [2.75, 3.05) is 17.8 Å². The highest BCUT2D eigenvalue weighted by Gasteiger charge is 2.30. The van der Waals surface area contributed by atoms with E-state index >= 15 is 0 Å². The fourth-order valence-corrected chi connectivity index (χ4v) is 3.45. The normalized spacial score (nSPS) is 31.9. The van der Waals surface area contributed by atoms with Gasteiger partial charge in [-0.3, -0.25) is 0 Å². The number of hydrogen-bond acceptors (Lipinski definition) is 3. The summed E-state index contributed by atoms with van der Waals surface area (Å²) in [5.41, 5.74) is 0. The minimum Gasteiger partial charge on any atom is -0.392 e. The van der Waals surface area contributed by atoms with Gasteiger partial charge in [0.1, 0.15) is 4.66 Å². The number of alkyl halides is 1. The zero-order chi connectivity index (χ0) is 10.1. The van der Waals surface area contributed by atoms with E-state index in [1.54, 1.807) is 0 Å². The van der Waals surface area contributed by atoms with Gasteiger partial charge in [-0.05, 0) is 12.3 Å². The molecule has 2 atom stereocenters. The molecule has 0 aromatic rings. The van der Waals surface area contributed by atoms with Gasteiger partial charge in [0.15, 0.2) is 0 Å². The topological polar surface area (TPSA) is 57.6 Å². The molecule has 0 spiro atoms. The largest absolute Gasteiger partial charge is 0.392 e. The maximum absolute atomic E-state index is 11.4. The van der Waals surface area contributed by atoms with Crippen LogP contribution >= 0.6 is 15.9 Å². The predicted molar refractivity (Wildman–Crippen MR) is 54.1 cm³/mol. The minimum atomic E-state index is -3.20. The molecule has 13 heavy (non-hydrogen) atoms. The maximum Gasteiger partial charge on any atom is 0.224 e. The molecule has 0 amide bonds. The van der Waals surface area contributed by atoms with E-state index < -0.39 is 16.1 Å². The first-order chi connectivity index (χ1) is 5.95. The van der Waals surface area contributed by atoms with Crippen LogP contribution in [0.25, 0.3) is 0 Å². The number of halogens is 1. The molecule has 1 aliphatic heterocycles. The van der Waals surface area contributed by atoms with Crippen LogP contribution < -0.4 is 0 Å². The molecule has 1 fully saturated rings. The maximum atomic E-state index is 11.4. The van der Waals surface area contributed by atoms with Crippen LogP contribution in [0.15, 0.2) is 0 Å². The van der Waals surface area contributed by atoms with Gasteiger partial charge in [-0.1, -0.05) is 22.9 Å². The van der Waals surface area contributed by atoms with Crippen LogP contribution in [0.5, 0.6) is 0 Å². The summed E-state index contributed by atoms with van der Waals surface area (Å²) >= 11 is 2.94. The molecular formula is C7H14BrNO3S. The van der Waals surface area contributed by atoms with Crippen LogP contribution in [0.4, 0.5) is 0 Å². The molecule has 0 bridgehead atoms. The zero-order valence-electron chi connectivity index (χ0n) is 7.48. The molecule has 1 heterocycles. The summed E-state index contributed by atoms with van der Waals surface area (Å²) in [4.78, 5) is 0. The number of rotatable bonds is 2. The molecule has 0 aliphatic carbocycles. The number of β-amino-alcohol motifs (C(OH)–C–C–N with tert-alkyl or cyclic N) is 1. The first-order valence-electron chi connectivity index (χ1n) is 4.17. The molecule has 78 valence electrons. The first kappa shape index (κ1) is 11.4. The summed E-state index contributed by atoms with van der Waals surface area (Å²) in [7, 11) is -3.20. The van der Waals surface area contributed by atoms with Crippen molar-refractivity contribution >= 4 is 26.0 Å². The van der Waals surface area contributed by atoms with E-state index in [0.29, 0.717) is 13.0 Å². The Hall–Kier alpha value is 0.350. The van der Waals surface area contributed by atoms with Crippen molar-refractivity contribution in [2.45, 2.75) is 19.4 Å². The lowest BCUT2D eigenvalue weighted by Gasteiger charge is -2.32. The number of sulfonamides is 1. The monoisotopic (exact) mass is 271 g/mol. The van der Waals surface area contributed by atoms with Gasteiger partial charge in [-0.25, -0.2) is 8.42 Å². The van der Waals surface area contributed by atoms with Crippen LogP contribution in [-0.2, 0) is 10.0 Å². The molecule has 2 unspecified atom stereocenters. The van der Waals surface area contributed by atoms with Crippen molar-refractivity contribution in [1.82, 2.24) is 4.31 Å². The van der Waals surface area contributed by atoms with Crippen LogP contribution in [0.2, 0.25) is 0 Å².